The van der Waals surface area contributed by atoms with Gasteiger partial charge in [0, 0.05) is 26.2 Å². The molecule has 0 N–H and O–H groups in total. The minimum atomic E-state index is -0.210. The molecule has 2 aromatic carbocycles. The van der Waals surface area contributed by atoms with Crippen LogP contribution in [0.15, 0.2) is 48.5 Å². The average molecular weight is 439 g/mol. The lowest BCUT2D eigenvalue weighted by atomic mass is 9.99. The monoisotopic (exact) mass is 438 g/mol. The molecule has 170 valence electrons. The zero-order valence-electron chi connectivity index (χ0n) is 19.2. The molecule has 0 radical (unpaired) electrons. The number of piperazine rings is 1. The maximum Gasteiger partial charge on any atom is 0.173 e. The second-order valence-corrected chi connectivity index (χ2v) is 8.77. The summed E-state index contributed by atoms with van der Waals surface area (Å²) < 4.78 is 21.6. The Balaban J connectivity index is 1.65. The van der Waals surface area contributed by atoms with Crippen LogP contribution in [0.3, 0.4) is 0 Å². The molecule has 1 atom stereocenters. The van der Waals surface area contributed by atoms with Gasteiger partial charge in [0.15, 0.2) is 5.82 Å². The second-order valence-electron chi connectivity index (χ2n) is 8.77. The molecule has 0 amide bonds. The molecule has 2 heterocycles. The molecule has 4 rings (SSSR count). The molecule has 0 spiro atoms. The summed E-state index contributed by atoms with van der Waals surface area (Å²) in [5.41, 5.74) is 1.55. The van der Waals surface area contributed by atoms with Crippen molar-refractivity contribution in [3.63, 3.8) is 0 Å². The van der Waals surface area contributed by atoms with Gasteiger partial charge in [-0.2, -0.15) is 0 Å². The quantitative estimate of drug-likeness (QED) is 0.558. The van der Waals surface area contributed by atoms with Crippen molar-refractivity contribution in [2.75, 3.05) is 38.2 Å². The third-order valence-electron chi connectivity index (χ3n) is 6.48. The highest BCUT2D eigenvalue weighted by molar-refractivity contribution is 5.48. The lowest BCUT2D eigenvalue weighted by Gasteiger charge is -2.40. The number of halogens is 1. The number of para-hydroxylation sites is 1. The number of hydrogen-bond acceptors (Lipinski definition) is 6. The Labute approximate surface area is 188 Å². The highest BCUT2D eigenvalue weighted by Gasteiger charge is 2.34. The van der Waals surface area contributed by atoms with E-state index in [4.69, 9.17) is 4.74 Å². The average Bonchev–Trinajstić information content (AvgIpc) is 3.31. The summed E-state index contributed by atoms with van der Waals surface area (Å²) in [6.07, 6.45) is 0.904. The van der Waals surface area contributed by atoms with Crippen molar-refractivity contribution in [2.45, 2.75) is 38.8 Å². The minimum Gasteiger partial charge on any atom is -0.497 e. The number of benzene rings is 2. The zero-order chi connectivity index (χ0) is 22.7. The topological polar surface area (TPSA) is 59.3 Å². The van der Waals surface area contributed by atoms with E-state index < -0.39 is 0 Å². The molecule has 1 saturated heterocycles. The summed E-state index contributed by atoms with van der Waals surface area (Å²) in [5, 5.41) is 12.9. The van der Waals surface area contributed by atoms with Gasteiger partial charge in [0.25, 0.3) is 0 Å². The zero-order valence-corrected chi connectivity index (χ0v) is 19.2. The Kier molecular flexibility index (Phi) is 6.41. The van der Waals surface area contributed by atoms with E-state index >= 15 is 0 Å². The van der Waals surface area contributed by atoms with Gasteiger partial charge in [-0.05, 0) is 60.5 Å². The Morgan fingerprint density at radius 2 is 1.72 bits per heavy atom. The van der Waals surface area contributed by atoms with Crippen molar-refractivity contribution in [3.8, 4) is 5.75 Å². The first-order valence-corrected chi connectivity index (χ1v) is 11.1. The van der Waals surface area contributed by atoms with Crippen LogP contribution in [0.25, 0.3) is 0 Å². The lowest BCUT2D eigenvalue weighted by Crippen LogP contribution is -2.49. The molecule has 3 aromatic rings. The summed E-state index contributed by atoms with van der Waals surface area (Å²) in [4.78, 5) is 4.49. The van der Waals surface area contributed by atoms with Crippen molar-refractivity contribution >= 4 is 5.69 Å². The smallest absolute Gasteiger partial charge is 0.173 e. The Morgan fingerprint density at radius 1 is 1.03 bits per heavy atom. The second kappa shape index (κ2) is 9.24. The number of rotatable bonds is 7. The molecule has 7 nitrogen and oxygen atoms in total. The summed E-state index contributed by atoms with van der Waals surface area (Å²) in [5.74, 6) is 1.45. The van der Waals surface area contributed by atoms with Crippen molar-refractivity contribution in [1.29, 1.82) is 0 Å². The van der Waals surface area contributed by atoms with Crippen LogP contribution in [0, 0.1) is 5.82 Å². The first-order valence-electron chi connectivity index (χ1n) is 11.1. The Bertz CT molecular complexity index is 1030. The van der Waals surface area contributed by atoms with E-state index in [0.717, 1.165) is 49.7 Å². The molecule has 0 unspecified atom stereocenters. The lowest BCUT2D eigenvalue weighted by molar-refractivity contribution is 0.187. The number of ether oxygens (including phenoxy) is 1. The van der Waals surface area contributed by atoms with Gasteiger partial charge >= 0.3 is 0 Å². The number of methoxy groups -OCH3 is 1. The fraction of sp³-hybridized carbons (Fsp3) is 0.458. The van der Waals surface area contributed by atoms with Gasteiger partial charge < -0.3 is 9.64 Å². The van der Waals surface area contributed by atoms with E-state index in [1.54, 1.807) is 13.2 Å². The van der Waals surface area contributed by atoms with Gasteiger partial charge in [-0.3, -0.25) is 4.90 Å². The third-order valence-corrected chi connectivity index (χ3v) is 6.48. The van der Waals surface area contributed by atoms with E-state index in [9.17, 15) is 4.39 Å². The summed E-state index contributed by atoms with van der Waals surface area (Å²) >= 11 is 0. The largest absolute Gasteiger partial charge is 0.497 e. The molecular weight excluding hydrogens is 407 g/mol. The van der Waals surface area contributed by atoms with E-state index in [2.05, 4.69) is 58.2 Å². The van der Waals surface area contributed by atoms with E-state index in [0.29, 0.717) is 5.69 Å². The summed E-state index contributed by atoms with van der Waals surface area (Å²) in [7, 11) is 1.67. The van der Waals surface area contributed by atoms with E-state index in [1.165, 1.54) is 6.07 Å². The number of aromatic nitrogens is 4. The Morgan fingerprint density at radius 3 is 2.34 bits per heavy atom. The van der Waals surface area contributed by atoms with Gasteiger partial charge in [-0.1, -0.05) is 31.2 Å². The first-order chi connectivity index (χ1) is 15.4. The first kappa shape index (κ1) is 22.2. The maximum absolute atomic E-state index is 14.3. The minimum absolute atomic E-state index is 0.107. The molecule has 1 aliphatic rings. The number of anilines is 1. The molecular formula is C24H31FN6O. The normalized spacial score (nSPS) is 16.2. The molecule has 32 heavy (non-hydrogen) atoms. The predicted octanol–water partition coefficient (Wildman–Crippen LogP) is 3.88. The highest BCUT2D eigenvalue weighted by atomic mass is 19.1. The van der Waals surface area contributed by atoms with E-state index in [1.807, 2.05) is 28.9 Å². The standard InChI is InChI=1S/C24H31FN6O/c1-5-24(2,3)31-23(26-27-28-31)22(18-10-12-19(32-4)13-11-18)30-16-14-29(15-17-30)21-9-7-6-8-20(21)25/h6-13,22H,5,14-17H2,1-4H3/t22-/m1/s1. The number of tetrazole rings is 1. The van der Waals surface area contributed by atoms with Crippen LogP contribution in [-0.4, -0.2) is 58.4 Å². The molecule has 1 aliphatic heterocycles. The molecule has 0 aliphatic carbocycles. The number of nitrogens with zero attached hydrogens (tertiary/aromatic N) is 6. The van der Waals surface area contributed by atoms with Crippen molar-refractivity contribution < 1.29 is 9.13 Å². The highest BCUT2D eigenvalue weighted by Crippen LogP contribution is 2.33. The van der Waals surface area contributed by atoms with Crippen LogP contribution >= 0.6 is 0 Å². The SMILES string of the molecule is CCC(C)(C)n1nnnc1[C@@H](c1ccc(OC)cc1)N1CCN(c2ccccc2F)CC1. The molecule has 0 saturated carbocycles. The van der Waals surface area contributed by atoms with Crippen LogP contribution in [-0.2, 0) is 5.54 Å². The fourth-order valence-corrected chi connectivity index (χ4v) is 4.18. The van der Waals surface area contributed by atoms with Crippen molar-refractivity contribution in [2.24, 2.45) is 0 Å². The van der Waals surface area contributed by atoms with Gasteiger partial charge in [0.1, 0.15) is 11.6 Å². The van der Waals surface area contributed by atoms with Crippen LogP contribution in [0.4, 0.5) is 10.1 Å². The van der Waals surface area contributed by atoms with Crippen molar-refractivity contribution in [3.05, 3.63) is 65.7 Å². The van der Waals surface area contributed by atoms with Crippen molar-refractivity contribution in [1.82, 2.24) is 25.1 Å². The van der Waals surface area contributed by atoms with Gasteiger partial charge in [-0.25, -0.2) is 9.07 Å². The maximum atomic E-state index is 14.3. The predicted molar refractivity (Wildman–Crippen MR) is 122 cm³/mol. The Hall–Kier alpha value is -3.00. The fourth-order valence-electron chi connectivity index (χ4n) is 4.18. The van der Waals surface area contributed by atoms with Crippen LogP contribution in [0.2, 0.25) is 0 Å². The third kappa shape index (κ3) is 4.32. The number of hydrogen-bond donors (Lipinski definition) is 0. The van der Waals surface area contributed by atoms with Crippen LogP contribution < -0.4 is 9.64 Å². The van der Waals surface area contributed by atoms with Gasteiger partial charge in [0.2, 0.25) is 0 Å². The van der Waals surface area contributed by atoms with E-state index in [-0.39, 0.29) is 17.4 Å². The van der Waals surface area contributed by atoms with Crippen LogP contribution in [0.1, 0.15) is 44.6 Å². The molecule has 1 aromatic heterocycles. The summed E-state index contributed by atoms with van der Waals surface area (Å²) in [6.45, 7) is 9.43. The molecule has 0 bridgehead atoms. The van der Waals surface area contributed by atoms with Gasteiger partial charge in [-0.15, -0.1) is 5.10 Å². The summed E-state index contributed by atoms with van der Waals surface area (Å²) in [6, 6.07) is 14.9. The molecule has 8 heteroatoms. The molecule has 1 fully saturated rings. The van der Waals surface area contributed by atoms with Gasteiger partial charge in [0.05, 0.1) is 24.4 Å². The van der Waals surface area contributed by atoms with Crippen LogP contribution in [0.5, 0.6) is 5.75 Å².